The second kappa shape index (κ2) is 11.9. The van der Waals surface area contributed by atoms with E-state index in [1.165, 1.54) is 5.57 Å². The minimum Gasteiger partial charge on any atom is -0.380 e. The summed E-state index contributed by atoms with van der Waals surface area (Å²) < 4.78 is 0. The topological polar surface area (TPSA) is 117 Å². The molecule has 36 heavy (non-hydrogen) atoms. The largest absolute Gasteiger partial charge is 0.380 e. The maximum atomic E-state index is 13.1. The van der Waals surface area contributed by atoms with Crippen molar-refractivity contribution >= 4 is 11.8 Å². The van der Waals surface area contributed by atoms with Crippen LogP contribution in [-0.2, 0) is 9.59 Å². The van der Waals surface area contributed by atoms with Crippen LogP contribution in [0.15, 0.2) is 46.7 Å². The van der Waals surface area contributed by atoms with Crippen LogP contribution in [0.5, 0.6) is 0 Å². The van der Waals surface area contributed by atoms with Gasteiger partial charge in [-0.15, -0.1) is 0 Å². The van der Waals surface area contributed by atoms with E-state index in [2.05, 4.69) is 29.3 Å². The van der Waals surface area contributed by atoms with Crippen LogP contribution in [0.25, 0.3) is 0 Å². The maximum Gasteiger partial charge on any atom is 0.255 e. The highest BCUT2D eigenvalue weighted by molar-refractivity contribution is 5.91. The van der Waals surface area contributed by atoms with Crippen molar-refractivity contribution in [1.82, 2.24) is 15.1 Å². The molecule has 0 aromatic rings. The number of aliphatic hydroxyl groups excluding tert-OH is 2. The Kier molecular flexibility index (Phi) is 9.15. The lowest BCUT2D eigenvalue weighted by Gasteiger charge is -2.36. The predicted molar refractivity (Wildman–Crippen MR) is 138 cm³/mol. The Morgan fingerprint density at radius 2 is 1.97 bits per heavy atom. The van der Waals surface area contributed by atoms with Crippen LogP contribution in [-0.4, -0.2) is 75.8 Å². The number of carbonyl (C=O) groups excluding carboxylic acids is 2. The van der Waals surface area contributed by atoms with Crippen LogP contribution >= 0.6 is 0 Å². The van der Waals surface area contributed by atoms with Gasteiger partial charge in [-0.05, 0) is 76.0 Å². The summed E-state index contributed by atoms with van der Waals surface area (Å²) in [4.78, 5) is 29.4. The summed E-state index contributed by atoms with van der Waals surface area (Å²) in [6, 6.07) is 2.24. The molecular weight excluding hydrogens is 456 g/mol. The van der Waals surface area contributed by atoms with Crippen molar-refractivity contribution in [2.24, 2.45) is 5.92 Å². The Balaban J connectivity index is 1.51. The summed E-state index contributed by atoms with van der Waals surface area (Å²) in [6.07, 6.45) is 8.87. The zero-order chi connectivity index (χ0) is 26.5. The van der Waals surface area contributed by atoms with Gasteiger partial charge in [0.05, 0.1) is 11.6 Å². The van der Waals surface area contributed by atoms with Gasteiger partial charge in [0, 0.05) is 37.4 Å². The van der Waals surface area contributed by atoms with E-state index in [-0.39, 0.29) is 5.92 Å². The predicted octanol–water partition coefficient (Wildman–Crippen LogP) is 2.57. The molecule has 196 valence electrons. The summed E-state index contributed by atoms with van der Waals surface area (Å²) in [7, 11) is 0. The highest BCUT2D eigenvalue weighted by Gasteiger charge is 2.45. The highest BCUT2D eigenvalue weighted by atomic mass is 16.3. The quantitative estimate of drug-likeness (QED) is 0.351. The number of nitrogens with one attached hydrogen (secondary N) is 1. The minimum atomic E-state index is -1.83. The van der Waals surface area contributed by atoms with E-state index in [1.807, 2.05) is 39.0 Å². The Morgan fingerprint density at radius 3 is 2.58 bits per heavy atom. The number of rotatable bonds is 8. The molecule has 1 saturated heterocycles. The second-order valence-corrected chi connectivity index (χ2v) is 10.4. The van der Waals surface area contributed by atoms with E-state index < -0.39 is 29.6 Å². The molecule has 2 atom stereocenters. The SMILES string of the molecule is CC/C=C\C(=C(/C)C#N)N1CCC(CNC(=O)[C@H](O)C(O)C(=O)N2CC3=C(C=CCC3)C2(C)C)CC1. The zero-order valence-corrected chi connectivity index (χ0v) is 22.0. The molecule has 0 radical (unpaired) electrons. The second-order valence-electron chi connectivity index (χ2n) is 10.4. The van der Waals surface area contributed by atoms with Crippen LogP contribution in [0.1, 0.15) is 59.8 Å². The highest BCUT2D eigenvalue weighted by Crippen LogP contribution is 2.39. The minimum absolute atomic E-state index is 0.212. The summed E-state index contributed by atoms with van der Waals surface area (Å²) in [5.41, 5.74) is 3.27. The van der Waals surface area contributed by atoms with Gasteiger partial charge in [0.2, 0.25) is 0 Å². The number of nitrogens with zero attached hydrogens (tertiary/aromatic N) is 3. The monoisotopic (exact) mass is 496 g/mol. The average Bonchev–Trinajstić information content (AvgIpc) is 3.16. The number of piperidine rings is 1. The standard InChI is InChI=1S/C28H40N4O4/c1-5-6-11-23(19(2)16-29)31-14-12-20(13-15-31)17-30-26(35)24(33)25(34)27(36)32-18-21-9-7-8-10-22(21)28(32,3)4/h6,8,10-11,20,24-25,33-34H,5,7,9,12-15,17-18H2,1-4H3,(H,30,35)/b11-6-,23-19-/t24-,25?/m1/s1. The molecule has 2 amide bonds. The Bertz CT molecular complexity index is 1010. The number of carbonyl (C=O) groups is 2. The van der Waals surface area contributed by atoms with Crippen molar-refractivity contribution in [3.63, 3.8) is 0 Å². The van der Waals surface area contributed by atoms with Gasteiger partial charge >= 0.3 is 0 Å². The first-order valence-electron chi connectivity index (χ1n) is 13.0. The molecule has 2 aliphatic heterocycles. The molecule has 8 nitrogen and oxygen atoms in total. The van der Waals surface area contributed by atoms with E-state index in [0.29, 0.717) is 18.7 Å². The van der Waals surface area contributed by atoms with Crippen molar-refractivity contribution in [2.45, 2.75) is 77.5 Å². The molecule has 0 bridgehead atoms. The van der Waals surface area contributed by atoms with Gasteiger partial charge in [-0.25, -0.2) is 0 Å². The van der Waals surface area contributed by atoms with E-state index in [1.54, 1.807) is 4.90 Å². The summed E-state index contributed by atoms with van der Waals surface area (Å²) in [5.74, 6) is -1.16. The third-order valence-corrected chi connectivity index (χ3v) is 7.63. The normalized spacial score (nSPS) is 22.2. The van der Waals surface area contributed by atoms with Gasteiger partial charge in [-0.2, -0.15) is 5.26 Å². The first-order chi connectivity index (χ1) is 17.1. The lowest BCUT2D eigenvalue weighted by molar-refractivity contribution is -0.155. The molecule has 1 aliphatic carbocycles. The van der Waals surface area contributed by atoms with E-state index in [9.17, 15) is 25.1 Å². The number of hydrogen-bond donors (Lipinski definition) is 3. The van der Waals surface area contributed by atoms with E-state index in [0.717, 1.165) is 56.5 Å². The first kappa shape index (κ1) is 27.7. The van der Waals surface area contributed by atoms with Crippen molar-refractivity contribution in [2.75, 3.05) is 26.2 Å². The number of likely N-dealkylation sites (tertiary alicyclic amines) is 1. The number of hydrogen-bond acceptors (Lipinski definition) is 6. The maximum absolute atomic E-state index is 13.1. The molecule has 8 heteroatoms. The van der Waals surface area contributed by atoms with Crippen molar-refractivity contribution in [3.8, 4) is 6.07 Å². The smallest absolute Gasteiger partial charge is 0.255 e. The molecule has 3 aliphatic rings. The molecular formula is C28H40N4O4. The van der Waals surface area contributed by atoms with Crippen LogP contribution < -0.4 is 5.32 Å². The number of amides is 2. The lowest BCUT2D eigenvalue weighted by Crippen LogP contribution is -2.55. The van der Waals surface area contributed by atoms with E-state index >= 15 is 0 Å². The lowest BCUT2D eigenvalue weighted by atomic mass is 9.88. The molecule has 2 heterocycles. The molecule has 0 aromatic heterocycles. The zero-order valence-electron chi connectivity index (χ0n) is 22.0. The molecule has 0 aromatic carbocycles. The van der Waals surface area contributed by atoms with Crippen LogP contribution in [0.2, 0.25) is 0 Å². The van der Waals surface area contributed by atoms with Gasteiger partial charge in [-0.3, -0.25) is 9.59 Å². The molecule has 0 spiro atoms. The number of nitriles is 1. The fourth-order valence-electron chi connectivity index (χ4n) is 5.32. The van der Waals surface area contributed by atoms with Crippen molar-refractivity contribution < 1.29 is 19.8 Å². The van der Waals surface area contributed by atoms with Crippen LogP contribution in [0, 0.1) is 17.2 Å². The average molecular weight is 497 g/mol. The third-order valence-electron chi connectivity index (χ3n) is 7.63. The molecule has 3 N–H and O–H groups in total. The van der Waals surface area contributed by atoms with Gasteiger partial charge in [0.1, 0.15) is 0 Å². The molecule has 0 saturated carbocycles. The Hall–Kier alpha value is -2.89. The van der Waals surface area contributed by atoms with Crippen LogP contribution in [0.4, 0.5) is 0 Å². The number of allylic oxidation sites excluding steroid dienone is 4. The van der Waals surface area contributed by atoms with Gasteiger partial charge in [-0.1, -0.05) is 25.2 Å². The van der Waals surface area contributed by atoms with Crippen LogP contribution in [0.3, 0.4) is 0 Å². The number of aliphatic hydroxyl groups is 2. The Morgan fingerprint density at radius 1 is 1.28 bits per heavy atom. The van der Waals surface area contributed by atoms with Gasteiger partial charge in [0.25, 0.3) is 11.8 Å². The first-order valence-corrected chi connectivity index (χ1v) is 13.0. The Labute approximate surface area is 214 Å². The van der Waals surface area contributed by atoms with Gasteiger partial charge < -0.3 is 25.3 Å². The summed E-state index contributed by atoms with van der Waals surface area (Å²) in [6.45, 7) is 10.0. The fourth-order valence-corrected chi connectivity index (χ4v) is 5.32. The molecule has 1 fully saturated rings. The third kappa shape index (κ3) is 5.91. The summed E-state index contributed by atoms with van der Waals surface area (Å²) >= 11 is 0. The molecule has 3 rings (SSSR count). The molecule has 1 unspecified atom stereocenters. The summed E-state index contributed by atoms with van der Waals surface area (Å²) in [5, 5.41) is 33.1. The van der Waals surface area contributed by atoms with Crippen molar-refractivity contribution in [3.05, 3.63) is 46.7 Å². The fraction of sp³-hybridized carbons (Fsp3) is 0.607. The van der Waals surface area contributed by atoms with E-state index in [4.69, 9.17) is 0 Å². The van der Waals surface area contributed by atoms with Gasteiger partial charge in [0.15, 0.2) is 12.2 Å². The van der Waals surface area contributed by atoms with Crippen molar-refractivity contribution in [1.29, 1.82) is 5.26 Å².